The maximum atomic E-state index is 4.39. The molecule has 19 heavy (non-hydrogen) atoms. The zero-order valence-electron chi connectivity index (χ0n) is 11.2. The molecule has 4 nitrogen and oxygen atoms in total. The first-order valence-electron chi connectivity index (χ1n) is 6.20. The quantitative estimate of drug-likeness (QED) is 0.714. The number of hydrogen-bond donors (Lipinski definition) is 0. The third kappa shape index (κ3) is 3.06. The lowest BCUT2D eigenvalue weighted by Crippen LogP contribution is -1.93. The average molecular weight is 272 g/mol. The third-order valence-corrected chi connectivity index (χ3v) is 3.18. The highest BCUT2D eigenvalue weighted by Gasteiger charge is 2.05. The van der Waals surface area contributed by atoms with E-state index in [-0.39, 0.29) is 0 Å². The molecule has 0 bridgehead atoms. The van der Waals surface area contributed by atoms with Gasteiger partial charge in [0, 0.05) is 35.1 Å². The van der Waals surface area contributed by atoms with E-state index in [1.54, 1.807) is 22.2 Å². The Balaban J connectivity index is 0.000000637. The van der Waals surface area contributed by atoms with Gasteiger partial charge in [0.25, 0.3) is 0 Å². The first kappa shape index (κ1) is 13.4. The van der Waals surface area contributed by atoms with Gasteiger partial charge in [0.1, 0.15) is 0 Å². The largest absolute Gasteiger partial charge is 0.264 e. The summed E-state index contributed by atoms with van der Waals surface area (Å²) in [6, 6.07) is 3.93. The summed E-state index contributed by atoms with van der Waals surface area (Å²) in [5.74, 6) is 0.864. The van der Waals surface area contributed by atoms with Crippen LogP contribution in [0.3, 0.4) is 0 Å². The van der Waals surface area contributed by atoms with Crippen molar-refractivity contribution < 1.29 is 0 Å². The van der Waals surface area contributed by atoms with Crippen LogP contribution in [0.15, 0.2) is 42.3 Å². The first-order valence-corrected chi connectivity index (χ1v) is 7.08. The maximum absolute atomic E-state index is 4.39. The van der Waals surface area contributed by atoms with Crippen molar-refractivity contribution >= 4 is 11.3 Å². The number of hydrogen-bond acceptors (Lipinski definition) is 4. The smallest absolute Gasteiger partial charge is 0.164 e. The predicted octanol–water partition coefficient (Wildman–Crippen LogP) is 3.73. The second kappa shape index (κ2) is 6.24. The Hall–Kier alpha value is -2.01. The van der Waals surface area contributed by atoms with E-state index in [0.29, 0.717) is 0 Å². The first-order chi connectivity index (χ1) is 9.33. The van der Waals surface area contributed by atoms with Gasteiger partial charge in [-0.05, 0) is 13.0 Å². The van der Waals surface area contributed by atoms with Gasteiger partial charge in [0.05, 0.1) is 11.2 Å². The van der Waals surface area contributed by atoms with Crippen LogP contribution in [-0.4, -0.2) is 19.7 Å². The number of pyridine rings is 1. The summed E-state index contributed by atoms with van der Waals surface area (Å²) >= 11 is 1.62. The molecule has 3 aromatic heterocycles. The van der Waals surface area contributed by atoms with Gasteiger partial charge in [-0.2, -0.15) is 5.10 Å². The molecule has 0 fully saturated rings. The van der Waals surface area contributed by atoms with Crippen molar-refractivity contribution in [1.82, 2.24) is 19.7 Å². The van der Waals surface area contributed by atoms with Crippen LogP contribution in [0, 0.1) is 6.92 Å². The van der Waals surface area contributed by atoms with E-state index in [1.807, 2.05) is 56.9 Å². The maximum Gasteiger partial charge on any atom is 0.164 e. The molecular weight excluding hydrogens is 256 g/mol. The van der Waals surface area contributed by atoms with E-state index in [9.17, 15) is 0 Å². The van der Waals surface area contributed by atoms with Gasteiger partial charge in [-0.15, -0.1) is 11.3 Å². The minimum Gasteiger partial charge on any atom is -0.264 e. The molecule has 0 saturated heterocycles. The van der Waals surface area contributed by atoms with E-state index < -0.39 is 0 Å². The van der Waals surface area contributed by atoms with Gasteiger partial charge in [0.2, 0.25) is 0 Å². The number of aromatic nitrogens is 4. The number of aryl methyl sites for hydroxylation is 1. The minimum atomic E-state index is 0.864. The van der Waals surface area contributed by atoms with Crippen molar-refractivity contribution in [1.29, 1.82) is 0 Å². The van der Waals surface area contributed by atoms with E-state index in [0.717, 1.165) is 22.0 Å². The molecule has 0 saturated carbocycles. The van der Waals surface area contributed by atoms with Crippen molar-refractivity contribution in [3.8, 4) is 16.9 Å². The SMILES string of the molecule is CC.Cc1nc(-n2cc(-c3cccnc3)cn2)cs1. The molecule has 0 unspecified atom stereocenters. The Labute approximate surface area is 116 Å². The number of rotatable bonds is 2. The summed E-state index contributed by atoms with van der Waals surface area (Å²) < 4.78 is 1.78. The molecule has 0 radical (unpaired) electrons. The monoisotopic (exact) mass is 272 g/mol. The zero-order valence-corrected chi connectivity index (χ0v) is 12.1. The van der Waals surface area contributed by atoms with Crippen LogP contribution in [0.5, 0.6) is 0 Å². The standard InChI is InChI=1S/C12H10N4S.C2H6/c1-9-15-12(8-17-9)16-7-11(6-14-16)10-3-2-4-13-5-10;1-2/h2-8H,1H3;1-2H3. The lowest BCUT2D eigenvalue weighted by Gasteiger charge is -1.94. The number of thiazole rings is 1. The average Bonchev–Trinajstić information content (AvgIpc) is 3.10. The van der Waals surface area contributed by atoms with Gasteiger partial charge in [0.15, 0.2) is 5.82 Å². The van der Waals surface area contributed by atoms with Crippen LogP contribution in [0.1, 0.15) is 18.9 Å². The van der Waals surface area contributed by atoms with Crippen molar-refractivity contribution in [2.45, 2.75) is 20.8 Å². The molecule has 5 heteroatoms. The van der Waals surface area contributed by atoms with E-state index in [2.05, 4.69) is 15.1 Å². The third-order valence-electron chi connectivity index (χ3n) is 2.42. The fourth-order valence-corrected chi connectivity index (χ4v) is 2.17. The van der Waals surface area contributed by atoms with Crippen LogP contribution >= 0.6 is 11.3 Å². The van der Waals surface area contributed by atoms with Gasteiger partial charge < -0.3 is 0 Å². The molecule has 0 spiro atoms. The van der Waals surface area contributed by atoms with Gasteiger partial charge in [-0.25, -0.2) is 9.67 Å². The second-order valence-electron chi connectivity index (χ2n) is 3.64. The van der Waals surface area contributed by atoms with E-state index in [4.69, 9.17) is 0 Å². The molecule has 0 aliphatic heterocycles. The Kier molecular flexibility index (Phi) is 4.41. The second-order valence-corrected chi connectivity index (χ2v) is 4.70. The van der Waals surface area contributed by atoms with Crippen LogP contribution in [0.25, 0.3) is 16.9 Å². The summed E-state index contributed by atoms with van der Waals surface area (Å²) in [4.78, 5) is 8.49. The van der Waals surface area contributed by atoms with Crippen molar-refractivity contribution in [3.05, 3.63) is 47.3 Å². The fourth-order valence-electron chi connectivity index (χ4n) is 1.59. The molecule has 0 amide bonds. The lowest BCUT2D eigenvalue weighted by molar-refractivity contribution is 0.851. The van der Waals surface area contributed by atoms with E-state index in [1.165, 1.54) is 0 Å². The molecule has 0 aromatic carbocycles. The van der Waals surface area contributed by atoms with Gasteiger partial charge in [-0.3, -0.25) is 4.98 Å². The summed E-state index contributed by atoms with van der Waals surface area (Å²) in [5.41, 5.74) is 2.11. The highest BCUT2D eigenvalue weighted by Crippen LogP contribution is 2.19. The normalized spacial score (nSPS) is 9.84. The molecule has 0 aliphatic rings. The van der Waals surface area contributed by atoms with Crippen LogP contribution < -0.4 is 0 Å². The number of nitrogens with zero attached hydrogens (tertiary/aromatic N) is 4. The molecule has 3 rings (SSSR count). The molecule has 3 heterocycles. The minimum absolute atomic E-state index is 0.864. The molecule has 98 valence electrons. The zero-order chi connectivity index (χ0) is 13.7. The molecule has 0 N–H and O–H groups in total. The Morgan fingerprint density at radius 2 is 2.00 bits per heavy atom. The van der Waals surface area contributed by atoms with Crippen LogP contribution in [0.2, 0.25) is 0 Å². The lowest BCUT2D eigenvalue weighted by atomic mass is 10.2. The summed E-state index contributed by atoms with van der Waals surface area (Å²) in [5, 5.41) is 7.34. The van der Waals surface area contributed by atoms with Gasteiger partial charge in [-0.1, -0.05) is 19.9 Å². The topological polar surface area (TPSA) is 43.6 Å². The van der Waals surface area contributed by atoms with Crippen molar-refractivity contribution in [2.75, 3.05) is 0 Å². The highest BCUT2D eigenvalue weighted by atomic mass is 32.1. The van der Waals surface area contributed by atoms with Crippen LogP contribution in [-0.2, 0) is 0 Å². The van der Waals surface area contributed by atoms with E-state index >= 15 is 0 Å². The Bertz CT molecular complexity index is 628. The van der Waals surface area contributed by atoms with Crippen molar-refractivity contribution in [3.63, 3.8) is 0 Å². The Morgan fingerprint density at radius 1 is 1.16 bits per heavy atom. The molecular formula is C14H16N4S. The van der Waals surface area contributed by atoms with Crippen LogP contribution in [0.4, 0.5) is 0 Å². The van der Waals surface area contributed by atoms with Crippen molar-refractivity contribution in [2.24, 2.45) is 0 Å². The summed E-state index contributed by atoms with van der Waals surface area (Å²) in [6.07, 6.45) is 7.38. The Morgan fingerprint density at radius 3 is 2.63 bits per heavy atom. The molecule has 3 aromatic rings. The molecule has 0 aliphatic carbocycles. The summed E-state index contributed by atoms with van der Waals surface area (Å²) in [7, 11) is 0. The summed E-state index contributed by atoms with van der Waals surface area (Å²) in [6.45, 7) is 5.99. The highest BCUT2D eigenvalue weighted by molar-refractivity contribution is 7.09. The van der Waals surface area contributed by atoms with Gasteiger partial charge >= 0.3 is 0 Å². The predicted molar refractivity (Wildman–Crippen MR) is 78.6 cm³/mol. The molecule has 0 atom stereocenters. The fraction of sp³-hybridized carbons (Fsp3) is 0.214.